The van der Waals surface area contributed by atoms with Crippen LogP contribution < -0.4 is 5.32 Å². The van der Waals surface area contributed by atoms with Gasteiger partial charge in [0.25, 0.3) is 0 Å². The Morgan fingerprint density at radius 1 is 1.17 bits per heavy atom. The SMILES string of the molecule is Cn1cc(-c2noc(C3NC4CCC3CC4)n2)c2ccccc21. The second-order valence-electron chi connectivity index (χ2n) is 6.88. The number of para-hydroxylation sites is 1. The van der Waals surface area contributed by atoms with Gasteiger partial charge in [0.05, 0.1) is 6.04 Å². The van der Waals surface area contributed by atoms with E-state index in [1.807, 2.05) is 0 Å². The van der Waals surface area contributed by atoms with Gasteiger partial charge < -0.3 is 14.4 Å². The molecule has 1 N–H and O–H groups in total. The van der Waals surface area contributed by atoms with Crippen molar-refractivity contribution in [2.24, 2.45) is 13.0 Å². The summed E-state index contributed by atoms with van der Waals surface area (Å²) in [7, 11) is 2.05. The van der Waals surface area contributed by atoms with Crippen LogP contribution in [0.4, 0.5) is 0 Å². The van der Waals surface area contributed by atoms with E-state index in [9.17, 15) is 0 Å². The number of hydrogen-bond donors (Lipinski definition) is 1. The Kier molecular flexibility index (Phi) is 2.85. The van der Waals surface area contributed by atoms with Gasteiger partial charge in [-0.3, -0.25) is 0 Å². The number of benzene rings is 1. The predicted molar refractivity (Wildman–Crippen MR) is 87.8 cm³/mol. The quantitative estimate of drug-likeness (QED) is 0.788. The predicted octanol–water partition coefficient (Wildman–Crippen LogP) is 3.43. The Morgan fingerprint density at radius 3 is 2.78 bits per heavy atom. The number of aromatic nitrogens is 3. The Labute approximate surface area is 134 Å². The Balaban J connectivity index is 1.54. The summed E-state index contributed by atoms with van der Waals surface area (Å²) in [6.07, 6.45) is 7.19. The van der Waals surface area contributed by atoms with Crippen LogP contribution >= 0.6 is 0 Å². The van der Waals surface area contributed by atoms with E-state index >= 15 is 0 Å². The van der Waals surface area contributed by atoms with Crippen LogP contribution in [0, 0.1) is 5.92 Å². The Bertz CT molecular complexity index is 857. The van der Waals surface area contributed by atoms with E-state index in [-0.39, 0.29) is 6.04 Å². The monoisotopic (exact) mass is 308 g/mol. The third kappa shape index (κ3) is 2.03. The van der Waals surface area contributed by atoms with Gasteiger partial charge in [0, 0.05) is 35.8 Å². The average Bonchev–Trinajstić information content (AvgIpc) is 3.21. The number of aryl methyl sites for hydroxylation is 1. The molecule has 1 unspecified atom stereocenters. The summed E-state index contributed by atoms with van der Waals surface area (Å²) in [5.74, 6) is 2.09. The molecule has 2 aliphatic heterocycles. The van der Waals surface area contributed by atoms with E-state index in [2.05, 4.69) is 52.6 Å². The van der Waals surface area contributed by atoms with Crippen molar-refractivity contribution in [2.45, 2.75) is 37.8 Å². The molecule has 3 aromatic rings. The molecule has 3 fully saturated rings. The standard InChI is InChI=1S/C18H20N4O/c1-22-10-14(13-4-2-3-5-15(13)22)17-20-18(23-21-17)16-11-6-8-12(19-16)9-7-11/h2-5,10-12,16,19H,6-9H2,1H3. The van der Waals surface area contributed by atoms with E-state index < -0.39 is 0 Å². The molecule has 0 amide bonds. The molecular weight excluding hydrogens is 288 g/mol. The summed E-state index contributed by atoms with van der Waals surface area (Å²) in [5.41, 5.74) is 2.22. The van der Waals surface area contributed by atoms with E-state index in [0.29, 0.717) is 17.8 Å². The lowest BCUT2D eigenvalue weighted by molar-refractivity contribution is 0.124. The van der Waals surface area contributed by atoms with Crippen molar-refractivity contribution in [2.75, 3.05) is 0 Å². The topological polar surface area (TPSA) is 55.9 Å². The molecule has 1 aromatic carbocycles. The van der Waals surface area contributed by atoms with Gasteiger partial charge in [-0.2, -0.15) is 4.98 Å². The smallest absolute Gasteiger partial charge is 0.244 e. The number of rotatable bonds is 2. The molecule has 3 aliphatic rings. The molecule has 5 heteroatoms. The van der Waals surface area contributed by atoms with E-state index in [1.54, 1.807) is 0 Å². The van der Waals surface area contributed by atoms with Crippen LogP contribution in [0.3, 0.4) is 0 Å². The average molecular weight is 308 g/mol. The van der Waals surface area contributed by atoms with Gasteiger partial charge in [0.2, 0.25) is 11.7 Å². The molecule has 1 saturated carbocycles. The second kappa shape index (κ2) is 4.93. The van der Waals surface area contributed by atoms with Gasteiger partial charge in [0.1, 0.15) is 0 Å². The summed E-state index contributed by atoms with van der Waals surface area (Å²) in [6.45, 7) is 0. The summed E-state index contributed by atoms with van der Waals surface area (Å²) in [6, 6.07) is 9.19. The van der Waals surface area contributed by atoms with Crippen LogP contribution in [-0.2, 0) is 7.05 Å². The number of piperidine rings is 2. The summed E-state index contributed by atoms with van der Waals surface area (Å²) < 4.78 is 7.75. The van der Waals surface area contributed by atoms with Crippen LogP contribution in [0.1, 0.15) is 37.6 Å². The van der Waals surface area contributed by atoms with Crippen LogP contribution in [0.15, 0.2) is 35.0 Å². The maximum Gasteiger partial charge on any atom is 0.244 e. The fraction of sp³-hybridized carbons (Fsp3) is 0.444. The van der Waals surface area contributed by atoms with Gasteiger partial charge in [0.15, 0.2) is 0 Å². The second-order valence-corrected chi connectivity index (χ2v) is 6.88. The summed E-state index contributed by atoms with van der Waals surface area (Å²) >= 11 is 0. The van der Waals surface area contributed by atoms with E-state index in [4.69, 9.17) is 9.51 Å². The molecule has 23 heavy (non-hydrogen) atoms. The number of fused-ring (bicyclic) bond motifs is 4. The minimum atomic E-state index is 0.235. The number of hydrogen-bond acceptors (Lipinski definition) is 4. The molecule has 1 aliphatic carbocycles. The molecule has 2 bridgehead atoms. The third-order valence-electron chi connectivity index (χ3n) is 5.50. The maximum atomic E-state index is 5.64. The van der Waals surface area contributed by atoms with Crippen LogP contribution in [-0.4, -0.2) is 20.7 Å². The zero-order valence-electron chi connectivity index (χ0n) is 13.2. The molecule has 1 atom stereocenters. The first-order chi connectivity index (χ1) is 11.3. The Morgan fingerprint density at radius 2 is 2.00 bits per heavy atom. The first-order valence-corrected chi connectivity index (χ1v) is 8.43. The summed E-state index contributed by atoms with van der Waals surface area (Å²) in [4.78, 5) is 4.73. The summed E-state index contributed by atoms with van der Waals surface area (Å²) in [5, 5.41) is 9.11. The van der Waals surface area contributed by atoms with Gasteiger partial charge in [-0.05, 0) is 37.7 Å². The molecule has 118 valence electrons. The molecule has 2 saturated heterocycles. The van der Waals surface area contributed by atoms with Crippen molar-refractivity contribution in [1.82, 2.24) is 20.0 Å². The first kappa shape index (κ1) is 13.3. The maximum absolute atomic E-state index is 5.64. The van der Waals surface area contributed by atoms with Crippen molar-refractivity contribution < 1.29 is 4.52 Å². The zero-order chi connectivity index (χ0) is 15.4. The third-order valence-corrected chi connectivity index (χ3v) is 5.50. The van der Waals surface area contributed by atoms with E-state index in [1.165, 1.54) is 36.6 Å². The normalized spacial score (nSPS) is 26.9. The molecule has 2 aromatic heterocycles. The van der Waals surface area contributed by atoms with Crippen LogP contribution in [0.2, 0.25) is 0 Å². The highest BCUT2D eigenvalue weighted by Crippen LogP contribution is 2.40. The highest BCUT2D eigenvalue weighted by atomic mass is 16.5. The Hall–Kier alpha value is -2.14. The molecule has 0 spiro atoms. The largest absolute Gasteiger partial charge is 0.350 e. The van der Waals surface area contributed by atoms with Gasteiger partial charge >= 0.3 is 0 Å². The van der Waals surface area contributed by atoms with Crippen molar-refractivity contribution in [1.29, 1.82) is 0 Å². The van der Waals surface area contributed by atoms with Gasteiger partial charge in [-0.15, -0.1) is 0 Å². The van der Waals surface area contributed by atoms with Gasteiger partial charge in [-0.1, -0.05) is 23.4 Å². The first-order valence-electron chi connectivity index (χ1n) is 8.43. The van der Waals surface area contributed by atoms with E-state index in [0.717, 1.165) is 11.5 Å². The molecular formula is C18H20N4O. The van der Waals surface area contributed by atoms with Gasteiger partial charge in [-0.25, -0.2) is 0 Å². The minimum Gasteiger partial charge on any atom is -0.350 e. The number of nitrogens with zero attached hydrogens (tertiary/aromatic N) is 3. The van der Waals surface area contributed by atoms with Crippen molar-refractivity contribution in [3.05, 3.63) is 36.4 Å². The number of nitrogens with one attached hydrogen (secondary N) is 1. The molecule has 4 heterocycles. The lowest BCUT2D eigenvalue weighted by Crippen LogP contribution is -2.46. The van der Waals surface area contributed by atoms with Crippen molar-refractivity contribution >= 4 is 10.9 Å². The lowest BCUT2D eigenvalue weighted by atomic mass is 9.76. The van der Waals surface area contributed by atoms with Crippen LogP contribution in [0.5, 0.6) is 0 Å². The minimum absolute atomic E-state index is 0.235. The zero-order valence-corrected chi connectivity index (χ0v) is 13.2. The van der Waals surface area contributed by atoms with Crippen molar-refractivity contribution in [3.63, 3.8) is 0 Å². The molecule has 5 nitrogen and oxygen atoms in total. The highest BCUT2D eigenvalue weighted by molar-refractivity contribution is 5.94. The highest BCUT2D eigenvalue weighted by Gasteiger charge is 2.38. The fourth-order valence-corrected chi connectivity index (χ4v) is 4.27. The molecule has 6 rings (SSSR count). The lowest BCUT2D eigenvalue weighted by Gasteiger charge is -2.41. The molecule has 0 radical (unpaired) electrons. The van der Waals surface area contributed by atoms with Crippen LogP contribution in [0.25, 0.3) is 22.3 Å². The fourth-order valence-electron chi connectivity index (χ4n) is 4.27. The van der Waals surface area contributed by atoms with Crippen molar-refractivity contribution in [3.8, 4) is 11.4 Å².